The van der Waals surface area contributed by atoms with Crippen LogP contribution in [-0.2, 0) is 0 Å². The molecule has 0 spiro atoms. The van der Waals surface area contributed by atoms with Crippen molar-refractivity contribution in [3.05, 3.63) is 70.6 Å². The van der Waals surface area contributed by atoms with Gasteiger partial charge in [-0.15, -0.1) is 0 Å². The van der Waals surface area contributed by atoms with Gasteiger partial charge in [-0.3, -0.25) is 0 Å². The maximum absolute atomic E-state index is 13.0. The average molecular weight is 319 g/mol. The van der Waals surface area contributed by atoms with Gasteiger partial charge in [0.15, 0.2) is 5.82 Å². The predicted molar refractivity (Wildman–Crippen MR) is 82.9 cm³/mol. The minimum Gasteiger partial charge on any atom is -0.228 e. The Kier molecular flexibility index (Phi) is 3.86. The Morgan fingerprint density at radius 3 is 2.05 bits per heavy atom. The molecule has 0 fully saturated rings. The van der Waals surface area contributed by atoms with Gasteiger partial charge in [0.25, 0.3) is 0 Å². The van der Waals surface area contributed by atoms with Gasteiger partial charge in [0.1, 0.15) is 11.0 Å². The molecule has 0 radical (unpaired) electrons. The largest absolute Gasteiger partial charge is 0.228 e. The molecular weight excluding hydrogens is 310 g/mol. The number of rotatable bonds is 2. The van der Waals surface area contributed by atoms with Crippen LogP contribution in [0.2, 0.25) is 10.2 Å². The fourth-order valence-electron chi connectivity index (χ4n) is 1.91. The van der Waals surface area contributed by atoms with Crippen molar-refractivity contribution in [3.63, 3.8) is 0 Å². The number of halogens is 3. The van der Waals surface area contributed by atoms with Gasteiger partial charge in [0.2, 0.25) is 0 Å². The number of aromatic nitrogens is 2. The fraction of sp³-hybridized carbons (Fsp3) is 0. The molecule has 0 atom stereocenters. The lowest BCUT2D eigenvalue weighted by Crippen LogP contribution is -1.93. The lowest BCUT2D eigenvalue weighted by atomic mass is 10.1. The molecule has 0 amide bonds. The van der Waals surface area contributed by atoms with E-state index in [0.29, 0.717) is 21.7 Å². The maximum Gasteiger partial charge on any atom is 0.161 e. The van der Waals surface area contributed by atoms with Crippen LogP contribution in [0, 0.1) is 5.82 Å². The Bertz CT molecular complexity index is 708. The minimum absolute atomic E-state index is 0.295. The van der Waals surface area contributed by atoms with Crippen molar-refractivity contribution in [2.45, 2.75) is 0 Å². The molecular formula is C16H9Cl2FN2. The van der Waals surface area contributed by atoms with E-state index in [2.05, 4.69) is 9.97 Å². The second kappa shape index (κ2) is 5.80. The van der Waals surface area contributed by atoms with Gasteiger partial charge >= 0.3 is 0 Å². The molecule has 0 bridgehead atoms. The van der Waals surface area contributed by atoms with Gasteiger partial charge in [-0.2, -0.15) is 0 Å². The van der Waals surface area contributed by atoms with Crippen molar-refractivity contribution in [1.82, 2.24) is 9.97 Å². The predicted octanol–water partition coefficient (Wildman–Crippen LogP) is 5.26. The highest BCUT2D eigenvalue weighted by molar-refractivity contribution is 6.30. The monoisotopic (exact) mass is 318 g/mol. The number of benzene rings is 2. The zero-order valence-corrected chi connectivity index (χ0v) is 12.2. The van der Waals surface area contributed by atoms with Crippen LogP contribution in [0.1, 0.15) is 0 Å². The summed E-state index contributed by atoms with van der Waals surface area (Å²) < 4.78 is 13.0. The summed E-state index contributed by atoms with van der Waals surface area (Å²) in [7, 11) is 0. The first-order valence-corrected chi connectivity index (χ1v) is 6.94. The van der Waals surface area contributed by atoms with E-state index >= 15 is 0 Å². The second-order valence-corrected chi connectivity index (χ2v) is 5.24. The molecule has 1 heterocycles. The van der Waals surface area contributed by atoms with E-state index in [4.69, 9.17) is 23.2 Å². The fourth-order valence-corrected chi connectivity index (χ4v) is 2.22. The van der Waals surface area contributed by atoms with Crippen molar-refractivity contribution in [2.24, 2.45) is 0 Å². The van der Waals surface area contributed by atoms with Crippen molar-refractivity contribution < 1.29 is 4.39 Å². The molecule has 0 aliphatic heterocycles. The van der Waals surface area contributed by atoms with Gasteiger partial charge < -0.3 is 0 Å². The lowest BCUT2D eigenvalue weighted by Gasteiger charge is -2.06. The van der Waals surface area contributed by atoms with E-state index in [1.165, 1.54) is 12.1 Å². The molecule has 0 aliphatic rings. The highest BCUT2D eigenvalue weighted by atomic mass is 35.5. The Balaban J connectivity index is 2.07. The third-order valence-corrected chi connectivity index (χ3v) is 3.38. The molecule has 2 nitrogen and oxygen atoms in total. The molecule has 3 aromatic rings. The molecule has 0 saturated carbocycles. The summed E-state index contributed by atoms with van der Waals surface area (Å²) in [6.07, 6.45) is 0. The first-order valence-electron chi connectivity index (χ1n) is 6.18. The number of hydrogen-bond acceptors (Lipinski definition) is 2. The van der Waals surface area contributed by atoms with E-state index in [0.717, 1.165) is 11.1 Å². The summed E-state index contributed by atoms with van der Waals surface area (Å²) >= 11 is 11.9. The van der Waals surface area contributed by atoms with Crippen LogP contribution in [0.25, 0.3) is 22.6 Å². The van der Waals surface area contributed by atoms with Gasteiger partial charge in [0.05, 0.1) is 5.69 Å². The van der Waals surface area contributed by atoms with E-state index < -0.39 is 0 Å². The van der Waals surface area contributed by atoms with Crippen LogP contribution < -0.4 is 0 Å². The van der Waals surface area contributed by atoms with Crippen LogP contribution in [-0.4, -0.2) is 9.97 Å². The van der Waals surface area contributed by atoms with Crippen LogP contribution in [0.15, 0.2) is 54.6 Å². The quantitative estimate of drug-likeness (QED) is 0.602. The smallest absolute Gasteiger partial charge is 0.161 e. The summed E-state index contributed by atoms with van der Waals surface area (Å²) in [5.74, 6) is 0.204. The minimum atomic E-state index is -0.295. The van der Waals surface area contributed by atoms with E-state index in [9.17, 15) is 4.39 Å². The van der Waals surface area contributed by atoms with E-state index in [1.54, 1.807) is 30.3 Å². The summed E-state index contributed by atoms with van der Waals surface area (Å²) in [5, 5.41) is 0.966. The zero-order chi connectivity index (χ0) is 14.8. The molecule has 5 heteroatoms. The Morgan fingerprint density at radius 1 is 0.762 bits per heavy atom. The Hall–Kier alpha value is -1.97. The number of hydrogen-bond donors (Lipinski definition) is 0. The topological polar surface area (TPSA) is 25.8 Å². The maximum atomic E-state index is 13.0. The molecule has 104 valence electrons. The van der Waals surface area contributed by atoms with Crippen molar-refractivity contribution in [3.8, 4) is 22.6 Å². The van der Waals surface area contributed by atoms with E-state index in [1.807, 2.05) is 12.1 Å². The zero-order valence-electron chi connectivity index (χ0n) is 10.7. The molecule has 0 aliphatic carbocycles. The van der Waals surface area contributed by atoms with Crippen molar-refractivity contribution in [2.75, 3.05) is 0 Å². The molecule has 0 saturated heterocycles. The van der Waals surface area contributed by atoms with Crippen molar-refractivity contribution in [1.29, 1.82) is 0 Å². The van der Waals surface area contributed by atoms with Gasteiger partial charge in [-0.1, -0.05) is 23.2 Å². The van der Waals surface area contributed by atoms with Crippen molar-refractivity contribution >= 4 is 23.2 Å². The van der Waals surface area contributed by atoms with Crippen LogP contribution in [0.4, 0.5) is 4.39 Å². The Morgan fingerprint density at radius 2 is 1.38 bits per heavy atom. The SMILES string of the molecule is Fc1ccc(-c2cc(Cl)nc(-c3ccc(Cl)cc3)n2)cc1. The first-order chi connectivity index (χ1) is 10.1. The Labute approximate surface area is 131 Å². The summed E-state index contributed by atoms with van der Waals surface area (Å²) in [5.41, 5.74) is 2.22. The van der Waals surface area contributed by atoms with Gasteiger partial charge in [-0.25, -0.2) is 14.4 Å². The van der Waals surface area contributed by atoms with Crippen LogP contribution in [0.3, 0.4) is 0 Å². The third kappa shape index (κ3) is 3.20. The molecule has 0 unspecified atom stereocenters. The normalized spacial score (nSPS) is 10.6. The third-order valence-electron chi connectivity index (χ3n) is 2.94. The molecule has 1 aromatic heterocycles. The standard InChI is InChI=1S/C16H9Cl2FN2/c17-12-5-1-11(2-6-12)16-20-14(9-15(18)21-16)10-3-7-13(19)8-4-10/h1-9H. The van der Waals surface area contributed by atoms with Crippen LogP contribution in [0.5, 0.6) is 0 Å². The lowest BCUT2D eigenvalue weighted by molar-refractivity contribution is 0.628. The average Bonchev–Trinajstić information content (AvgIpc) is 2.48. The van der Waals surface area contributed by atoms with Crippen LogP contribution >= 0.6 is 23.2 Å². The summed E-state index contributed by atoms with van der Waals surface area (Å²) in [4.78, 5) is 8.69. The summed E-state index contributed by atoms with van der Waals surface area (Å²) in [6, 6.07) is 14.9. The first kappa shape index (κ1) is 14.0. The summed E-state index contributed by atoms with van der Waals surface area (Å²) in [6.45, 7) is 0. The second-order valence-electron chi connectivity index (χ2n) is 4.41. The molecule has 21 heavy (non-hydrogen) atoms. The van der Waals surface area contributed by atoms with Gasteiger partial charge in [0, 0.05) is 22.2 Å². The van der Waals surface area contributed by atoms with Gasteiger partial charge in [-0.05, 0) is 48.5 Å². The number of nitrogens with zero attached hydrogens (tertiary/aromatic N) is 2. The highest BCUT2D eigenvalue weighted by Gasteiger charge is 2.08. The molecule has 2 aromatic carbocycles. The highest BCUT2D eigenvalue weighted by Crippen LogP contribution is 2.25. The molecule has 3 rings (SSSR count). The van der Waals surface area contributed by atoms with E-state index in [-0.39, 0.29) is 5.82 Å². The molecule has 0 N–H and O–H groups in total.